The standard InChI is InChI=1S/C17H30O6/c1-4-6-8-13(5-2)12-21-17(19)23-15-10-7-9-14(11-15)22-16(18)20-3/h13-15H,4-12H2,1-3H3. The minimum atomic E-state index is -0.695. The lowest BCUT2D eigenvalue weighted by Crippen LogP contribution is -2.32. The van der Waals surface area contributed by atoms with E-state index in [1.165, 1.54) is 7.11 Å². The molecule has 1 aliphatic rings. The highest BCUT2D eigenvalue weighted by molar-refractivity contribution is 5.60. The van der Waals surface area contributed by atoms with Crippen molar-refractivity contribution in [2.24, 2.45) is 5.92 Å². The monoisotopic (exact) mass is 330 g/mol. The lowest BCUT2D eigenvalue weighted by atomic mass is 9.95. The van der Waals surface area contributed by atoms with Gasteiger partial charge in [-0.15, -0.1) is 0 Å². The Morgan fingerprint density at radius 3 is 2.30 bits per heavy atom. The van der Waals surface area contributed by atoms with E-state index in [9.17, 15) is 9.59 Å². The van der Waals surface area contributed by atoms with Crippen molar-refractivity contribution in [3.63, 3.8) is 0 Å². The van der Waals surface area contributed by atoms with E-state index in [1.54, 1.807) is 0 Å². The van der Waals surface area contributed by atoms with Crippen LogP contribution in [0.1, 0.15) is 65.2 Å². The second kappa shape index (κ2) is 11.1. The summed E-state index contributed by atoms with van der Waals surface area (Å²) in [6.45, 7) is 4.66. The first-order valence-corrected chi connectivity index (χ1v) is 8.67. The van der Waals surface area contributed by atoms with Gasteiger partial charge in [0.25, 0.3) is 0 Å². The smallest absolute Gasteiger partial charge is 0.438 e. The highest BCUT2D eigenvalue weighted by atomic mass is 16.7. The van der Waals surface area contributed by atoms with Gasteiger partial charge in [-0.3, -0.25) is 0 Å². The van der Waals surface area contributed by atoms with Crippen LogP contribution in [0.2, 0.25) is 0 Å². The molecule has 1 saturated carbocycles. The summed E-state index contributed by atoms with van der Waals surface area (Å²) in [6.07, 6.45) is 5.38. The van der Waals surface area contributed by atoms with Gasteiger partial charge in [0.1, 0.15) is 12.2 Å². The third-order valence-electron chi connectivity index (χ3n) is 4.25. The highest BCUT2D eigenvalue weighted by Crippen LogP contribution is 2.24. The van der Waals surface area contributed by atoms with Crippen LogP contribution in [-0.2, 0) is 18.9 Å². The summed E-state index contributed by atoms with van der Waals surface area (Å²) in [6, 6.07) is 0. The lowest BCUT2D eigenvalue weighted by Gasteiger charge is -2.28. The van der Waals surface area contributed by atoms with Crippen molar-refractivity contribution in [3.8, 4) is 0 Å². The van der Waals surface area contributed by atoms with Gasteiger partial charge in [0.05, 0.1) is 13.7 Å². The molecule has 0 aromatic rings. The van der Waals surface area contributed by atoms with Gasteiger partial charge in [-0.1, -0.05) is 33.1 Å². The summed E-state index contributed by atoms with van der Waals surface area (Å²) in [5, 5.41) is 0. The fourth-order valence-corrected chi connectivity index (χ4v) is 2.75. The quantitative estimate of drug-likeness (QED) is 0.612. The molecule has 0 aromatic carbocycles. The van der Waals surface area contributed by atoms with Crippen LogP contribution in [-0.4, -0.2) is 38.2 Å². The molecule has 0 heterocycles. The van der Waals surface area contributed by atoms with Crippen molar-refractivity contribution in [1.29, 1.82) is 0 Å². The van der Waals surface area contributed by atoms with Crippen molar-refractivity contribution in [3.05, 3.63) is 0 Å². The third-order valence-corrected chi connectivity index (χ3v) is 4.25. The predicted octanol–water partition coefficient (Wildman–Crippen LogP) is 4.45. The molecule has 0 spiro atoms. The molecule has 1 rings (SSSR count). The average Bonchev–Trinajstić information content (AvgIpc) is 2.55. The summed E-state index contributed by atoms with van der Waals surface area (Å²) in [5.41, 5.74) is 0. The van der Waals surface area contributed by atoms with E-state index >= 15 is 0 Å². The molecule has 0 bridgehead atoms. The molecule has 1 aliphatic carbocycles. The van der Waals surface area contributed by atoms with Gasteiger partial charge in [0.2, 0.25) is 0 Å². The van der Waals surface area contributed by atoms with Crippen LogP contribution in [0.4, 0.5) is 9.59 Å². The molecular weight excluding hydrogens is 300 g/mol. The van der Waals surface area contributed by atoms with Crippen LogP contribution in [0, 0.1) is 5.92 Å². The first kappa shape index (κ1) is 19.6. The molecule has 0 saturated heterocycles. The summed E-state index contributed by atoms with van der Waals surface area (Å²) < 4.78 is 20.2. The number of rotatable bonds is 8. The molecule has 6 nitrogen and oxygen atoms in total. The lowest BCUT2D eigenvalue weighted by molar-refractivity contribution is -0.0339. The molecule has 0 amide bonds. The topological polar surface area (TPSA) is 71.1 Å². The van der Waals surface area contributed by atoms with Crippen LogP contribution in [0.15, 0.2) is 0 Å². The predicted molar refractivity (Wildman–Crippen MR) is 85.3 cm³/mol. The first-order valence-electron chi connectivity index (χ1n) is 8.67. The maximum atomic E-state index is 11.8. The third kappa shape index (κ3) is 8.09. The van der Waals surface area contributed by atoms with Crippen molar-refractivity contribution >= 4 is 12.3 Å². The first-order chi connectivity index (χ1) is 11.1. The van der Waals surface area contributed by atoms with Gasteiger partial charge in [0, 0.05) is 6.42 Å². The fourth-order valence-electron chi connectivity index (χ4n) is 2.75. The SMILES string of the molecule is CCCCC(CC)COC(=O)OC1CCCC(OC(=O)OC)C1. The highest BCUT2D eigenvalue weighted by Gasteiger charge is 2.28. The zero-order valence-electron chi connectivity index (χ0n) is 14.5. The Balaban J connectivity index is 2.28. The Hall–Kier alpha value is -1.46. The van der Waals surface area contributed by atoms with Crippen LogP contribution >= 0.6 is 0 Å². The summed E-state index contributed by atoms with van der Waals surface area (Å²) in [5.74, 6) is 0.393. The van der Waals surface area contributed by atoms with Gasteiger partial charge in [0.15, 0.2) is 0 Å². The Kier molecular flexibility index (Phi) is 9.48. The number of carbonyl (C=O) groups is 2. The van der Waals surface area contributed by atoms with Gasteiger partial charge in [-0.25, -0.2) is 9.59 Å². The molecule has 0 N–H and O–H groups in total. The molecule has 0 aliphatic heterocycles. The van der Waals surface area contributed by atoms with Crippen molar-refractivity contribution < 1.29 is 28.5 Å². The molecule has 134 valence electrons. The van der Waals surface area contributed by atoms with Crippen LogP contribution < -0.4 is 0 Å². The van der Waals surface area contributed by atoms with E-state index in [-0.39, 0.29) is 12.2 Å². The minimum absolute atomic E-state index is 0.262. The van der Waals surface area contributed by atoms with Gasteiger partial charge >= 0.3 is 12.3 Å². The van der Waals surface area contributed by atoms with Crippen LogP contribution in [0.25, 0.3) is 0 Å². The van der Waals surface area contributed by atoms with E-state index in [2.05, 4.69) is 18.6 Å². The Morgan fingerprint density at radius 1 is 1.09 bits per heavy atom. The van der Waals surface area contributed by atoms with Crippen LogP contribution in [0.3, 0.4) is 0 Å². The molecule has 3 atom stereocenters. The maximum absolute atomic E-state index is 11.8. The Labute approximate surface area is 138 Å². The number of carbonyl (C=O) groups excluding carboxylic acids is 2. The number of ether oxygens (including phenoxy) is 4. The largest absolute Gasteiger partial charge is 0.508 e. The second-order valence-corrected chi connectivity index (χ2v) is 6.08. The summed E-state index contributed by atoms with van der Waals surface area (Å²) >= 11 is 0. The molecule has 23 heavy (non-hydrogen) atoms. The van der Waals surface area contributed by atoms with Crippen molar-refractivity contribution in [2.75, 3.05) is 13.7 Å². The number of hydrogen-bond acceptors (Lipinski definition) is 6. The average molecular weight is 330 g/mol. The molecule has 3 unspecified atom stereocenters. The Morgan fingerprint density at radius 2 is 1.74 bits per heavy atom. The summed E-state index contributed by atoms with van der Waals surface area (Å²) in [4.78, 5) is 22.9. The van der Waals surface area contributed by atoms with Crippen molar-refractivity contribution in [1.82, 2.24) is 0 Å². The van der Waals surface area contributed by atoms with E-state index in [0.717, 1.165) is 44.9 Å². The van der Waals surface area contributed by atoms with Crippen molar-refractivity contribution in [2.45, 2.75) is 77.4 Å². The molecule has 6 heteroatoms. The number of unbranched alkanes of at least 4 members (excludes halogenated alkanes) is 1. The number of methoxy groups -OCH3 is 1. The van der Waals surface area contributed by atoms with E-state index in [4.69, 9.17) is 14.2 Å². The van der Waals surface area contributed by atoms with E-state index in [0.29, 0.717) is 18.9 Å². The summed E-state index contributed by atoms with van der Waals surface area (Å²) in [7, 11) is 1.28. The fraction of sp³-hybridized carbons (Fsp3) is 0.882. The molecular formula is C17H30O6. The molecule has 0 aromatic heterocycles. The van der Waals surface area contributed by atoms with E-state index < -0.39 is 12.3 Å². The van der Waals surface area contributed by atoms with Gasteiger partial charge in [-0.05, 0) is 31.6 Å². The maximum Gasteiger partial charge on any atom is 0.508 e. The molecule has 1 fully saturated rings. The Bertz CT molecular complexity index is 357. The van der Waals surface area contributed by atoms with Crippen LogP contribution in [0.5, 0.6) is 0 Å². The zero-order chi connectivity index (χ0) is 17.1. The zero-order valence-corrected chi connectivity index (χ0v) is 14.5. The van der Waals surface area contributed by atoms with Gasteiger partial charge in [-0.2, -0.15) is 0 Å². The van der Waals surface area contributed by atoms with E-state index in [1.807, 2.05) is 0 Å². The normalized spacial score (nSPS) is 22.0. The van der Waals surface area contributed by atoms with Gasteiger partial charge < -0.3 is 18.9 Å². The molecule has 0 radical (unpaired) electrons. The minimum Gasteiger partial charge on any atom is -0.438 e. The number of hydrogen-bond donors (Lipinski definition) is 0. The second-order valence-electron chi connectivity index (χ2n) is 6.08.